The molecule has 0 aliphatic rings. The Morgan fingerprint density at radius 1 is 1.00 bits per heavy atom. The minimum atomic E-state index is -0.616. The van der Waals surface area contributed by atoms with Crippen LogP contribution in [0.4, 0.5) is 4.39 Å². The van der Waals surface area contributed by atoms with E-state index >= 15 is 4.39 Å². The van der Waals surface area contributed by atoms with Crippen LogP contribution in [0, 0.1) is 5.82 Å². The summed E-state index contributed by atoms with van der Waals surface area (Å²) >= 11 is 0. The summed E-state index contributed by atoms with van der Waals surface area (Å²) in [6, 6.07) is 16.9. The molecule has 2 aromatic carbocycles. The van der Waals surface area contributed by atoms with Crippen LogP contribution in [0.15, 0.2) is 76.2 Å². The molecule has 0 aliphatic carbocycles. The van der Waals surface area contributed by atoms with Crippen LogP contribution in [0.3, 0.4) is 0 Å². The van der Waals surface area contributed by atoms with Crippen molar-refractivity contribution in [3.63, 3.8) is 0 Å². The highest BCUT2D eigenvalue weighted by atomic mass is 19.1. The zero-order chi connectivity index (χ0) is 19.5. The maximum atomic E-state index is 15.3. The summed E-state index contributed by atoms with van der Waals surface area (Å²) < 4.78 is 31.4. The van der Waals surface area contributed by atoms with Gasteiger partial charge in [-0.3, -0.25) is 4.79 Å². The van der Waals surface area contributed by atoms with Crippen molar-refractivity contribution in [3.8, 4) is 39.8 Å². The van der Waals surface area contributed by atoms with Crippen LogP contribution in [-0.2, 0) is 0 Å². The number of nitrogens with zero attached hydrogens (tertiary/aromatic N) is 1. The predicted octanol–water partition coefficient (Wildman–Crippen LogP) is 4.64. The van der Waals surface area contributed by atoms with E-state index in [1.54, 1.807) is 42.6 Å². The van der Waals surface area contributed by atoms with Gasteiger partial charge in [0.2, 0.25) is 5.88 Å². The molecule has 0 amide bonds. The van der Waals surface area contributed by atoms with E-state index in [0.717, 1.165) is 0 Å². The van der Waals surface area contributed by atoms with Crippen LogP contribution < -0.4 is 15.0 Å². The van der Waals surface area contributed by atoms with Crippen LogP contribution in [-0.4, -0.2) is 17.3 Å². The molecule has 0 atom stereocenters. The standard InChI is InChI=1S/C21H15FN2O4/c1-26-20-16(17-12-18(25)24-28-17)10-9-14(19(20)22)15-8-5-11-23-21(15)27-13-6-3-2-4-7-13/h2-12H,1H3,(H,24,25). The van der Waals surface area contributed by atoms with Crippen LogP contribution in [0.2, 0.25) is 0 Å². The number of methoxy groups -OCH3 is 1. The van der Waals surface area contributed by atoms with E-state index in [4.69, 9.17) is 14.0 Å². The molecule has 2 heterocycles. The highest BCUT2D eigenvalue weighted by Gasteiger charge is 2.21. The Morgan fingerprint density at radius 2 is 1.79 bits per heavy atom. The number of rotatable bonds is 5. The summed E-state index contributed by atoms with van der Waals surface area (Å²) in [5.41, 5.74) is 0.602. The molecule has 4 rings (SSSR count). The van der Waals surface area contributed by atoms with Crippen molar-refractivity contribution in [3.05, 3.63) is 83.0 Å². The lowest BCUT2D eigenvalue weighted by Crippen LogP contribution is -1.97. The molecular weight excluding hydrogens is 363 g/mol. The Kier molecular flexibility index (Phi) is 4.63. The number of hydrogen-bond donors (Lipinski definition) is 1. The number of halogens is 1. The fourth-order valence-corrected chi connectivity index (χ4v) is 2.85. The summed E-state index contributed by atoms with van der Waals surface area (Å²) in [4.78, 5) is 15.6. The van der Waals surface area contributed by atoms with Gasteiger partial charge in [0, 0.05) is 17.3 Å². The number of ether oxygens (including phenoxy) is 2. The fraction of sp³-hybridized carbons (Fsp3) is 0.0476. The minimum absolute atomic E-state index is 0.0465. The molecule has 0 aliphatic heterocycles. The highest BCUT2D eigenvalue weighted by Crippen LogP contribution is 2.40. The monoisotopic (exact) mass is 378 g/mol. The second-order valence-electron chi connectivity index (χ2n) is 5.86. The van der Waals surface area contributed by atoms with Crippen LogP contribution in [0.1, 0.15) is 0 Å². The third kappa shape index (κ3) is 3.25. The number of benzene rings is 2. The molecule has 2 aromatic heterocycles. The Bertz CT molecular complexity index is 1170. The smallest absolute Gasteiger partial charge is 0.280 e. The first kappa shape index (κ1) is 17.5. The zero-order valence-corrected chi connectivity index (χ0v) is 14.8. The summed E-state index contributed by atoms with van der Waals surface area (Å²) in [6.45, 7) is 0. The van der Waals surface area contributed by atoms with Gasteiger partial charge in [-0.15, -0.1) is 0 Å². The number of aromatic amines is 1. The molecule has 6 nitrogen and oxygen atoms in total. The minimum Gasteiger partial charge on any atom is -0.493 e. The maximum absolute atomic E-state index is 15.3. The molecule has 0 unspecified atom stereocenters. The Balaban J connectivity index is 1.81. The Morgan fingerprint density at radius 3 is 2.50 bits per heavy atom. The van der Waals surface area contributed by atoms with E-state index in [1.165, 1.54) is 13.2 Å². The summed E-state index contributed by atoms with van der Waals surface area (Å²) in [5, 5.41) is 2.18. The van der Waals surface area contributed by atoms with Gasteiger partial charge >= 0.3 is 0 Å². The summed E-state index contributed by atoms with van der Waals surface area (Å²) in [5.74, 6) is 0.361. The topological polar surface area (TPSA) is 77.4 Å². The number of nitrogens with one attached hydrogen (secondary N) is 1. The predicted molar refractivity (Wildman–Crippen MR) is 101 cm³/mol. The average molecular weight is 378 g/mol. The zero-order valence-electron chi connectivity index (χ0n) is 14.8. The van der Waals surface area contributed by atoms with Crippen molar-refractivity contribution in [2.24, 2.45) is 0 Å². The Hall–Kier alpha value is -3.87. The van der Waals surface area contributed by atoms with Crippen LogP contribution in [0.25, 0.3) is 22.5 Å². The van der Waals surface area contributed by atoms with Crippen molar-refractivity contribution in [2.45, 2.75) is 0 Å². The van der Waals surface area contributed by atoms with Gasteiger partial charge < -0.3 is 14.0 Å². The van der Waals surface area contributed by atoms with Gasteiger partial charge in [-0.2, -0.15) is 5.16 Å². The normalized spacial score (nSPS) is 10.6. The number of para-hydroxylation sites is 1. The molecule has 0 bridgehead atoms. The molecule has 28 heavy (non-hydrogen) atoms. The lowest BCUT2D eigenvalue weighted by Gasteiger charge is -2.14. The average Bonchev–Trinajstić information content (AvgIpc) is 3.15. The van der Waals surface area contributed by atoms with Gasteiger partial charge in [0.1, 0.15) is 5.75 Å². The molecule has 0 radical (unpaired) electrons. The van der Waals surface area contributed by atoms with Gasteiger partial charge in [-0.1, -0.05) is 24.3 Å². The summed E-state index contributed by atoms with van der Waals surface area (Å²) in [7, 11) is 1.35. The van der Waals surface area contributed by atoms with Crippen molar-refractivity contribution >= 4 is 0 Å². The molecule has 0 saturated heterocycles. The number of aromatic nitrogens is 2. The lowest BCUT2D eigenvalue weighted by molar-refractivity contribution is 0.382. The number of pyridine rings is 1. The highest BCUT2D eigenvalue weighted by molar-refractivity contribution is 5.77. The van der Waals surface area contributed by atoms with E-state index in [1.807, 2.05) is 18.2 Å². The SMILES string of the molecule is COc1c(-c2cc(=O)[nH]o2)ccc(-c2cccnc2Oc2ccccc2)c1F. The Labute approximate surface area is 159 Å². The van der Waals surface area contributed by atoms with Gasteiger partial charge in [-0.25, -0.2) is 9.37 Å². The number of H-pyrrole nitrogens is 1. The van der Waals surface area contributed by atoms with E-state index < -0.39 is 11.4 Å². The third-order valence-corrected chi connectivity index (χ3v) is 4.11. The molecule has 0 saturated carbocycles. The third-order valence-electron chi connectivity index (χ3n) is 4.11. The van der Waals surface area contributed by atoms with Gasteiger partial charge in [0.15, 0.2) is 17.3 Å². The van der Waals surface area contributed by atoms with Gasteiger partial charge in [0.25, 0.3) is 5.56 Å². The summed E-state index contributed by atoms with van der Waals surface area (Å²) in [6.07, 6.45) is 1.57. The van der Waals surface area contributed by atoms with Gasteiger partial charge in [0.05, 0.1) is 18.7 Å². The first-order valence-electron chi connectivity index (χ1n) is 8.41. The largest absolute Gasteiger partial charge is 0.493 e. The van der Waals surface area contributed by atoms with Crippen molar-refractivity contribution in [1.82, 2.24) is 10.1 Å². The molecule has 0 spiro atoms. The van der Waals surface area contributed by atoms with E-state index in [9.17, 15) is 4.79 Å². The molecule has 1 N–H and O–H groups in total. The van der Waals surface area contributed by atoms with E-state index in [2.05, 4.69) is 10.1 Å². The van der Waals surface area contributed by atoms with E-state index in [0.29, 0.717) is 16.9 Å². The number of hydrogen-bond acceptors (Lipinski definition) is 5. The van der Waals surface area contributed by atoms with Crippen LogP contribution in [0.5, 0.6) is 17.4 Å². The first-order valence-corrected chi connectivity index (χ1v) is 8.41. The quantitative estimate of drug-likeness (QED) is 0.548. The molecule has 140 valence electrons. The lowest BCUT2D eigenvalue weighted by atomic mass is 10.0. The second-order valence-corrected chi connectivity index (χ2v) is 5.86. The second kappa shape index (κ2) is 7.40. The molecular formula is C21H15FN2O4. The van der Waals surface area contributed by atoms with Gasteiger partial charge in [-0.05, 0) is 30.3 Å². The molecule has 4 aromatic rings. The van der Waals surface area contributed by atoms with E-state index in [-0.39, 0.29) is 23.0 Å². The van der Waals surface area contributed by atoms with Crippen molar-refractivity contribution in [2.75, 3.05) is 7.11 Å². The van der Waals surface area contributed by atoms with Crippen molar-refractivity contribution < 1.29 is 18.4 Å². The first-order chi connectivity index (χ1) is 13.7. The molecule has 0 fully saturated rings. The van der Waals surface area contributed by atoms with Crippen LogP contribution >= 0.6 is 0 Å². The maximum Gasteiger partial charge on any atom is 0.280 e. The fourth-order valence-electron chi connectivity index (χ4n) is 2.85. The molecule has 7 heteroatoms. The van der Waals surface area contributed by atoms with Crippen molar-refractivity contribution in [1.29, 1.82) is 0 Å².